The largest absolute Gasteiger partial charge is 0.455 e. The number of hydrogen-bond acceptors (Lipinski definition) is 5. The molecule has 0 saturated heterocycles. The van der Waals surface area contributed by atoms with Crippen LogP contribution in [0.2, 0.25) is 5.02 Å². The van der Waals surface area contributed by atoms with Crippen molar-refractivity contribution in [2.24, 2.45) is 0 Å². The number of halogens is 2. The summed E-state index contributed by atoms with van der Waals surface area (Å²) in [5.74, 6) is -1.84. The van der Waals surface area contributed by atoms with Gasteiger partial charge < -0.3 is 15.4 Å². The molecule has 0 aliphatic carbocycles. The van der Waals surface area contributed by atoms with Crippen LogP contribution in [-0.2, 0) is 19.1 Å². The molecule has 0 spiro atoms. The van der Waals surface area contributed by atoms with E-state index in [1.165, 1.54) is 24.3 Å². The van der Waals surface area contributed by atoms with Crippen molar-refractivity contribution in [3.05, 3.63) is 58.9 Å². The van der Waals surface area contributed by atoms with E-state index in [4.69, 9.17) is 16.3 Å². The van der Waals surface area contributed by atoms with Gasteiger partial charge in [0.2, 0.25) is 5.91 Å². The predicted octanol–water partition coefficient (Wildman–Crippen LogP) is 4.03. The van der Waals surface area contributed by atoms with E-state index in [-0.39, 0.29) is 11.7 Å². The Kier molecular flexibility index (Phi) is 8.48. The molecule has 0 heterocycles. The van der Waals surface area contributed by atoms with Crippen LogP contribution in [0.3, 0.4) is 0 Å². The fourth-order valence-corrected chi connectivity index (χ4v) is 3.03. The number of ether oxygens (including phenoxy) is 1. The summed E-state index contributed by atoms with van der Waals surface area (Å²) >= 11 is 7.06. The molecular weight excluding hydrogens is 419 g/mol. The van der Waals surface area contributed by atoms with E-state index in [2.05, 4.69) is 10.6 Å². The first-order chi connectivity index (χ1) is 13.8. The van der Waals surface area contributed by atoms with Crippen molar-refractivity contribution >= 4 is 52.5 Å². The van der Waals surface area contributed by atoms with Gasteiger partial charge in [-0.15, -0.1) is 11.8 Å². The molecule has 154 valence electrons. The molecule has 2 rings (SSSR count). The number of benzene rings is 2. The standard InChI is InChI=1S/C20H20ClFN2O4S/c1-12-16(21)4-3-5-17(12)24-18(25)10-28-20(27)13(2)29-11-19(26)23-15-8-6-14(22)7-9-15/h3-9,13H,10-11H2,1-2H3,(H,23,26)(H,24,25). The van der Waals surface area contributed by atoms with Crippen LogP contribution in [0, 0.1) is 12.7 Å². The zero-order valence-electron chi connectivity index (χ0n) is 15.8. The van der Waals surface area contributed by atoms with Crippen molar-refractivity contribution in [2.75, 3.05) is 23.0 Å². The Hall–Kier alpha value is -2.58. The van der Waals surface area contributed by atoms with Crippen LogP contribution in [0.5, 0.6) is 0 Å². The summed E-state index contributed by atoms with van der Waals surface area (Å²) < 4.78 is 17.8. The van der Waals surface area contributed by atoms with E-state index in [1.807, 2.05) is 0 Å². The van der Waals surface area contributed by atoms with Gasteiger partial charge in [-0.05, 0) is 55.8 Å². The third kappa shape index (κ3) is 7.40. The minimum absolute atomic E-state index is 0.00154. The minimum atomic E-state index is -0.644. The molecule has 2 aromatic rings. The minimum Gasteiger partial charge on any atom is -0.455 e. The topological polar surface area (TPSA) is 84.5 Å². The first-order valence-corrected chi connectivity index (χ1v) is 10.1. The second kappa shape index (κ2) is 10.8. The van der Waals surface area contributed by atoms with Gasteiger partial charge in [-0.3, -0.25) is 14.4 Å². The van der Waals surface area contributed by atoms with Gasteiger partial charge in [-0.25, -0.2) is 4.39 Å². The van der Waals surface area contributed by atoms with Crippen molar-refractivity contribution in [3.63, 3.8) is 0 Å². The molecule has 0 radical (unpaired) electrons. The maximum absolute atomic E-state index is 12.9. The number of anilines is 2. The monoisotopic (exact) mass is 438 g/mol. The van der Waals surface area contributed by atoms with Crippen molar-refractivity contribution in [3.8, 4) is 0 Å². The molecule has 0 fully saturated rings. The Labute approximate surface area is 177 Å². The van der Waals surface area contributed by atoms with Crippen LogP contribution in [0.25, 0.3) is 0 Å². The predicted molar refractivity (Wildman–Crippen MR) is 113 cm³/mol. The van der Waals surface area contributed by atoms with Gasteiger partial charge in [0, 0.05) is 16.4 Å². The smallest absolute Gasteiger partial charge is 0.319 e. The number of hydrogen-bond donors (Lipinski definition) is 2. The summed E-state index contributed by atoms with van der Waals surface area (Å²) in [4.78, 5) is 35.9. The molecule has 9 heteroatoms. The Morgan fingerprint density at radius 2 is 1.79 bits per heavy atom. The second-order valence-electron chi connectivity index (χ2n) is 6.08. The fraction of sp³-hybridized carbons (Fsp3) is 0.250. The molecule has 0 aromatic heterocycles. The Morgan fingerprint density at radius 3 is 2.48 bits per heavy atom. The van der Waals surface area contributed by atoms with Gasteiger partial charge in [0.05, 0.1) is 5.75 Å². The summed E-state index contributed by atoms with van der Waals surface area (Å²) in [6.45, 7) is 2.90. The van der Waals surface area contributed by atoms with Crippen LogP contribution in [0.4, 0.5) is 15.8 Å². The first-order valence-electron chi connectivity index (χ1n) is 8.65. The first kappa shape index (κ1) is 22.7. The van der Waals surface area contributed by atoms with Gasteiger partial charge >= 0.3 is 5.97 Å². The lowest BCUT2D eigenvalue weighted by Gasteiger charge is -2.12. The summed E-state index contributed by atoms with van der Waals surface area (Å²) in [5, 5.41) is 5.10. The van der Waals surface area contributed by atoms with Crippen LogP contribution < -0.4 is 10.6 Å². The Morgan fingerprint density at radius 1 is 1.10 bits per heavy atom. The van der Waals surface area contributed by atoms with E-state index in [1.54, 1.807) is 32.0 Å². The fourth-order valence-electron chi connectivity index (χ4n) is 2.18. The number of thioether (sulfide) groups is 1. The molecule has 29 heavy (non-hydrogen) atoms. The molecular formula is C20H20ClFN2O4S. The number of amides is 2. The number of rotatable bonds is 8. The quantitative estimate of drug-likeness (QED) is 0.608. The summed E-state index contributed by atoms with van der Waals surface area (Å²) in [6, 6.07) is 10.5. The van der Waals surface area contributed by atoms with Gasteiger partial charge in [0.1, 0.15) is 11.1 Å². The van der Waals surface area contributed by atoms with Crippen molar-refractivity contribution in [2.45, 2.75) is 19.1 Å². The molecule has 0 bridgehead atoms. The molecule has 2 aromatic carbocycles. The molecule has 0 saturated carbocycles. The molecule has 0 aliphatic heterocycles. The van der Waals surface area contributed by atoms with Crippen molar-refractivity contribution < 1.29 is 23.5 Å². The third-order valence-electron chi connectivity index (χ3n) is 3.81. The number of carbonyl (C=O) groups excluding carboxylic acids is 3. The molecule has 1 atom stereocenters. The number of carbonyl (C=O) groups is 3. The van der Waals surface area contributed by atoms with Gasteiger partial charge in [-0.2, -0.15) is 0 Å². The van der Waals surface area contributed by atoms with Crippen LogP contribution in [0.1, 0.15) is 12.5 Å². The lowest BCUT2D eigenvalue weighted by Crippen LogP contribution is -2.26. The normalized spacial score (nSPS) is 11.4. The lowest BCUT2D eigenvalue weighted by molar-refractivity contribution is -0.146. The second-order valence-corrected chi connectivity index (χ2v) is 7.81. The van der Waals surface area contributed by atoms with Gasteiger partial charge in [0.25, 0.3) is 5.91 Å². The average Bonchev–Trinajstić information content (AvgIpc) is 2.69. The van der Waals surface area contributed by atoms with E-state index in [9.17, 15) is 18.8 Å². The molecule has 2 N–H and O–H groups in total. The Bertz CT molecular complexity index is 893. The molecule has 1 unspecified atom stereocenters. The third-order valence-corrected chi connectivity index (χ3v) is 5.34. The van der Waals surface area contributed by atoms with E-state index in [0.717, 1.165) is 11.8 Å². The molecule has 2 amide bonds. The lowest BCUT2D eigenvalue weighted by atomic mass is 10.2. The maximum atomic E-state index is 12.9. The summed E-state index contributed by atoms with van der Waals surface area (Å²) in [6.07, 6.45) is 0. The van der Waals surface area contributed by atoms with Crippen LogP contribution >= 0.6 is 23.4 Å². The zero-order chi connectivity index (χ0) is 21.4. The van der Waals surface area contributed by atoms with Crippen molar-refractivity contribution in [1.82, 2.24) is 0 Å². The van der Waals surface area contributed by atoms with Crippen LogP contribution in [0.15, 0.2) is 42.5 Å². The molecule has 6 nitrogen and oxygen atoms in total. The van der Waals surface area contributed by atoms with Crippen LogP contribution in [-0.4, -0.2) is 35.4 Å². The number of nitrogens with one attached hydrogen (secondary N) is 2. The highest BCUT2D eigenvalue weighted by molar-refractivity contribution is 8.01. The van der Waals surface area contributed by atoms with Gasteiger partial charge in [0.15, 0.2) is 6.61 Å². The number of esters is 1. The average molecular weight is 439 g/mol. The summed E-state index contributed by atoms with van der Waals surface area (Å²) in [5.41, 5.74) is 1.71. The van der Waals surface area contributed by atoms with Gasteiger partial charge in [-0.1, -0.05) is 17.7 Å². The van der Waals surface area contributed by atoms with E-state index in [0.29, 0.717) is 22.0 Å². The molecule has 0 aliphatic rings. The highest BCUT2D eigenvalue weighted by Gasteiger charge is 2.18. The highest BCUT2D eigenvalue weighted by Crippen LogP contribution is 2.22. The summed E-state index contributed by atoms with van der Waals surface area (Å²) in [7, 11) is 0. The maximum Gasteiger partial charge on any atom is 0.319 e. The SMILES string of the molecule is Cc1c(Cl)cccc1NC(=O)COC(=O)C(C)SCC(=O)Nc1ccc(F)cc1. The van der Waals surface area contributed by atoms with Crippen molar-refractivity contribution in [1.29, 1.82) is 0 Å². The van der Waals surface area contributed by atoms with E-state index < -0.39 is 29.6 Å². The highest BCUT2D eigenvalue weighted by atomic mass is 35.5. The Balaban J connectivity index is 1.72. The van der Waals surface area contributed by atoms with E-state index >= 15 is 0 Å². The zero-order valence-corrected chi connectivity index (χ0v) is 17.4.